The van der Waals surface area contributed by atoms with Crippen molar-refractivity contribution >= 4 is 33.2 Å². The average molecular weight is 455 g/mol. The number of halogens is 1. The van der Waals surface area contributed by atoms with E-state index in [4.69, 9.17) is 11.6 Å². The van der Waals surface area contributed by atoms with Crippen molar-refractivity contribution in [2.45, 2.75) is 31.7 Å². The van der Waals surface area contributed by atoms with Crippen LogP contribution < -0.4 is 5.32 Å². The number of carbonyl (C=O) groups excluding carboxylic acids is 1. The second-order valence-corrected chi connectivity index (χ2v) is 10.0. The third-order valence-corrected chi connectivity index (χ3v) is 7.94. The van der Waals surface area contributed by atoms with Crippen molar-refractivity contribution in [1.29, 1.82) is 0 Å². The Labute approximate surface area is 187 Å². The number of sulfonamides is 1. The van der Waals surface area contributed by atoms with Crippen LogP contribution in [0.3, 0.4) is 0 Å². The number of anilines is 1. The van der Waals surface area contributed by atoms with E-state index in [1.165, 1.54) is 28.1 Å². The lowest BCUT2D eigenvalue weighted by Crippen LogP contribution is -2.36. The highest BCUT2D eigenvalue weighted by Gasteiger charge is 2.29. The van der Waals surface area contributed by atoms with Crippen molar-refractivity contribution in [3.8, 4) is 0 Å². The van der Waals surface area contributed by atoms with Crippen LogP contribution in [0.2, 0.25) is 5.02 Å². The minimum absolute atomic E-state index is 0.0578. The number of hydrogen-bond acceptors (Lipinski definition) is 3. The van der Waals surface area contributed by atoms with Gasteiger partial charge in [0, 0.05) is 18.8 Å². The van der Waals surface area contributed by atoms with E-state index >= 15 is 0 Å². The molecule has 0 radical (unpaired) electrons. The van der Waals surface area contributed by atoms with Crippen molar-refractivity contribution in [2.75, 3.05) is 11.9 Å². The number of fused-ring (bicyclic) bond motifs is 1. The molecule has 31 heavy (non-hydrogen) atoms. The van der Waals surface area contributed by atoms with Gasteiger partial charge in [0.2, 0.25) is 10.0 Å². The van der Waals surface area contributed by atoms with Gasteiger partial charge in [-0.1, -0.05) is 48.0 Å². The van der Waals surface area contributed by atoms with Gasteiger partial charge in [-0.15, -0.1) is 0 Å². The molecule has 1 heterocycles. The van der Waals surface area contributed by atoms with E-state index < -0.39 is 15.9 Å². The first-order chi connectivity index (χ1) is 14.8. The van der Waals surface area contributed by atoms with Crippen LogP contribution in [0.15, 0.2) is 65.6 Å². The van der Waals surface area contributed by atoms with Crippen LogP contribution in [0.1, 0.15) is 32.6 Å². The van der Waals surface area contributed by atoms with Gasteiger partial charge in [-0.2, -0.15) is 4.31 Å². The second kappa shape index (κ2) is 8.46. The molecule has 0 saturated heterocycles. The van der Waals surface area contributed by atoms with Gasteiger partial charge in [0.05, 0.1) is 15.5 Å². The molecule has 1 amide bonds. The first-order valence-corrected chi connectivity index (χ1v) is 11.8. The van der Waals surface area contributed by atoms with E-state index in [9.17, 15) is 13.2 Å². The minimum atomic E-state index is -3.77. The molecule has 1 aliphatic rings. The molecule has 0 atom stereocenters. The number of rotatable bonds is 4. The molecular weight excluding hydrogens is 432 g/mol. The zero-order valence-corrected chi connectivity index (χ0v) is 18.9. The lowest BCUT2D eigenvalue weighted by Gasteiger charge is -2.28. The van der Waals surface area contributed by atoms with Crippen molar-refractivity contribution in [1.82, 2.24) is 4.31 Å². The Bertz CT molecular complexity index is 1270. The molecule has 1 aliphatic heterocycles. The summed E-state index contributed by atoms with van der Waals surface area (Å²) in [7, 11) is -3.77. The average Bonchev–Trinajstić information content (AvgIpc) is 2.76. The highest BCUT2D eigenvalue weighted by molar-refractivity contribution is 7.89. The Morgan fingerprint density at radius 1 is 1.00 bits per heavy atom. The molecule has 0 aromatic heterocycles. The zero-order chi connectivity index (χ0) is 22.2. The Morgan fingerprint density at radius 3 is 2.52 bits per heavy atom. The summed E-state index contributed by atoms with van der Waals surface area (Å²) < 4.78 is 28.0. The fraction of sp³-hybridized carbons (Fsp3) is 0.208. The molecule has 0 bridgehead atoms. The molecule has 1 N–H and O–H groups in total. The van der Waals surface area contributed by atoms with Gasteiger partial charge < -0.3 is 5.32 Å². The van der Waals surface area contributed by atoms with Crippen LogP contribution in [0.5, 0.6) is 0 Å². The number of amides is 1. The standard InChI is InChI=1S/C24H23ClN2O3S/c1-16-6-5-9-23(17(16)2)26-24(28)21-14-20(10-11-22(21)25)31(29,30)27-13-12-18-7-3-4-8-19(18)15-27/h3-11,14H,12-13,15H2,1-2H3,(H,26,28). The van der Waals surface area contributed by atoms with E-state index in [1.54, 1.807) is 6.07 Å². The predicted octanol–water partition coefficient (Wildman–Crippen LogP) is 4.96. The van der Waals surface area contributed by atoms with Crippen LogP contribution >= 0.6 is 11.6 Å². The number of nitrogens with one attached hydrogen (secondary N) is 1. The molecule has 0 saturated carbocycles. The zero-order valence-electron chi connectivity index (χ0n) is 17.4. The minimum Gasteiger partial charge on any atom is -0.322 e. The van der Waals surface area contributed by atoms with E-state index in [2.05, 4.69) is 5.32 Å². The summed E-state index contributed by atoms with van der Waals surface area (Å²) in [4.78, 5) is 13.0. The van der Waals surface area contributed by atoms with Gasteiger partial charge in [0.1, 0.15) is 0 Å². The van der Waals surface area contributed by atoms with Crippen LogP contribution in [0, 0.1) is 13.8 Å². The summed E-state index contributed by atoms with van der Waals surface area (Å²) in [5.74, 6) is -0.445. The molecular formula is C24H23ClN2O3S. The Hall–Kier alpha value is -2.67. The second-order valence-electron chi connectivity index (χ2n) is 7.70. The maximum Gasteiger partial charge on any atom is 0.257 e. The summed E-state index contributed by atoms with van der Waals surface area (Å²) >= 11 is 6.26. The van der Waals surface area contributed by atoms with Crippen LogP contribution in [0.4, 0.5) is 5.69 Å². The van der Waals surface area contributed by atoms with Crippen molar-refractivity contribution < 1.29 is 13.2 Å². The van der Waals surface area contributed by atoms with Gasteiger partial charge >= 0.3 is 0 Å². The molecule has 4 rings (SSSR count). The normalized spacial score (nSPS) is 14.2. The molecule has 5 nitrogen and oxygen atoms in total. The topological polar surface area (TPSA) is 66.5 Å². The summed E-state index contributed by atoms with van der Waals surface area (Å²) in [6.45, 7) is 4.58. The first kappa shape index (κ1) is 21.6. The molecule has 3 aromatic rings. The van der Waals surface area contributed by atoms with Gasteiger partial charge in [0.25, 0.3) is 5.91 Å². The summed E-state index contributed by atoms with van der Waals surface area (Å²) in [6.07, 6.45) is 0.656. The van der Waals surface area contributed by atoms with Crippen molar-refractivity contribution in [3.63, 3.8) is 0 Å². The number of aryl methyl sites for hydroxylation is 1. The van der Waals surface area contributed by atoms with Gasteiger partial charge in [-0.3, -0.25) is 4.79 Å². The third kappa shape index (κ3) is 4.24. The fourth-order valence-electron chi connectivity index (χ4n) is 3.74. The van der Waals surface area contributed by atoms with Crippen molar-refractivity contribution in [3.05, 3.63) is 93.5 Å². The fourth-order valence-corrected chi connectivity index (χ4v) is 5.39. The summed E-state index contributed by atoms with van der Waals surface area (Å²) in [6, 6.07) is 17.7. The van der Waals surface area contributed by atoms with Crippen molar-refractivity contribution in [2.24, 2.45) is 0 Å². The number of benzene rings is 3. The van der Waals surface area contributed by atoms with E-state index in [-0.39, 0.29) is 15.5 Å². The van der Waals surface area contributed by atoms with E-state index in [0.717, 1.165) is 16.7 Å². The van der Waals surface area contributed by atoms with Gasteiger partial charge in [0.15, 0.2) is 0 Å². The molecule has 0 fully saturated rings. The van der Waals surface area contributed by atoms with Crippen LogP contribution in [-0.4, -0.2) is 25.2 Å². The summed E-state index contributed by atoms with van der Waals surface area (Å²) in [5, 5.41) is 3.05. The largest absolute Gasteiger partial charge is 0.322 e. The number of hydrogen-bond donors (Lipinski definition) is 1. The first-order valence-electron chi connectivity index (χ1n) is 10.0. The molecule has 7 heteroatoms. The summed E-state index contributed by atoms with van der Waals surface area (Å²) in [5.41, 5.74) is 4.95. The quantitative estimate of drug-likeness (QED) is 0.606. The molecule has 0 spiro atoms. The van der Waals surface area contributed by atoms with Crippen LogP contribution in [0.25, 0.3) is 0 Å². The number of nitrogens with zero attached hydrogens (tertiary/aromatic N) is 1. The van der Waals surface area contributed by atoms with Gasteiger partial charge in [-0.05, 0) is 66.8 Å². The Morgan fingerprint density at radius 2 is 1.74 bits per heavy atom. The Kier molecular flexibility index (Phi) is 5.88. The smallest absolute Gasteiger partial charge is 0.257 e. The molecule has 160 valence electrons. The SMILES string of the molecule is Cc1cccc(NC(=O)c2cc(S(=O)(=O)N3CCc4ccccc4C3)ccc2Cl)c1C. The lowest BCUT2D eigenvalue weighted by atomic mass is 10.0. The third-order valence-electron chi connectivity index (χ3n) is 5.77. The predicted molar refractivity (Wildman–Crippen MR) is 123 cm³/mol. The highest BCUT2D eigenvalue weighted by Crippen LogP contribution is 2.28. The monoisotopic (exact) mass is 454 g/mol. The Balaban J connectivity index is 1.63. The maximum atomic E-state index is 13.3. The van der Waals surface area contributed by atoms with Gasteiger partial charge in [-0.25, -0.2) is 8.42 Å². The molecule has 0 unspecified atom stereocenters. The molecule has 3 aromatic carbocycles. The lowest BCUT2D eigenvalue weighted by molar-refractivity contribution is 0.102. The molecule has 0 aliphatic carbocycles. The van der Waals surface area contributed by atoms with Crippen LogP contribution in [-0.2, 0) is 23.0 Å². The maximum absolute atomic E-state index is 13.3. The highest BCUT2D eigenvalue weighted by atomic mass is 35.5. The number of carbonyl (C=O) groups is 1. The van der Waals surface area contributed by atoms with E-state index in [1.807, 2.05) is 50.2 Å². The van der Waals surface area contributed by atoms with E-state index in [0.29, 0.717) is 25.2 Å².